The summed E-state index contributed by atoms with van der Waals surface area (Å²) in [5, 5.41) is 11.5. The van der Waals surface area contributed by atoms with Crippen LogP contribution in [0.5, 0.6) is 0 Å². The average Bonchev–Trinajstić information content (AvgIpc) is 2.87. The molecule has 2 heterocycles. The maximum Gasteiger partial charge on any atom is 0.225 e. The molecular formula is C13H12ClN5. The minimum atomic E-state index is 0.564. The highest BCUT2D eigenvalue weighted by Crippen LogP contribution is 2.31. The van der Waals surface area contributed by atoms with Gasteiger partial charge in [-0.1, -0.05) is 29.8 Å². The van der Waals surface area contributed by atoms with E-state index in [0.29, 0.717) is 16.6 Å². The number of nitrogens with zero attached hydrogens (tertiary/aromatic N) is 3. The van der Waals surface area contributed by atoms with E-state index in [9.17, 15) is 0 Å². The molecule has 3 aromatic rings. The number of hydrogen-bond donors (Lipinski definition) is 2. The van der Waals surface area contributed by atoms with Crippen molar-refractivity contribution in [3.05, 3.63) is 35.5 Å². The molecule has 0 aliphatic carbocycles. The van der Waals surface area contributed by atoms with Gasteiger partial charge in [-0.25, -0.2) is 4.98 Å². The highest BCUT2D eigenvalue weighted by molar-refractivity contribution is 6.33. The van der Waals surface area contributed by atoms with Crippen LogP contribution in [0.3, 0.4) is 0 Å². The van der Waals surface area contributed by atoms with Gasteiger partial charge in [0.15, 0.2) is 5.65 Å². The molecule has 6 heteroatoms. The van der Waals surface area contributed by atoms with Gasteiger partial charge in [-0.15, -0.1) is 0 Å². The van der Waals surface area contributed by atoms with E-state index in [2.05, 4.69) is 25.5 Å². The largest absolute Gasteiger partial charge is 0.354 e. The lowest BCUT2D eigenvalue weighted by Gasteiger charge is -2.07. The quantitative estimate of drug-likeness (QED) is 0.769. The van der Waals surface area contributed by atoms with Crippen LogP contribution in [-0.2, 0) is 0 Å². The second-order valence-electron chi connectivity index (χ2n) is 4.04. The fourth-order valence-corrected chi connectivity index (χ4v) is 2.16. The molecule has 0 amide bonds. The summed E-state index contributed by atoms with van der Waals surface area (Å²) < 4.78 is 0. The summed E-state index contributed by atoms with van der Waals surface area (Å²) in [6, 6.07) is 7.61. The molecule has 0 bridgehead atoms. The molecular weight excluding hydrogens is 262 g/mol. The van der Waals surface area contributed by atoms with Gasteiger partial charge in [0.05, 0.1) is 17.3 Å². The summed E-state index contributed by atoms with van der Waals surface area (Å²) in [5.41, 5.74) is 2.35. The lowest BCUT2D eigenvalue weighted by atomic mass is 10.1. The topological polar surface area (TPSA) is 66.5 Å². The van der Waals surface area contributed by atoms with Gasteiger partial charge in [0.1, 0.15) is 0 Å². The van der Waals surface area contributed by atoms with Crippen LogP contribution in [-0.4, -0.2) is 26.7 Å². The van der Waals surface area contributed by atoms with Crippen molar-refractivity contribution in [2.45, 2.75) is 6.92 Å². The molecule has 1 aromatic carbocycles. The highest BCUT2D eigenvalue weighted by atomic mass is 35.5. The van der Waals surface area contributed by atoms with Crippen molar-refractivity contribution in [1.29, 1.82) is 0 Å². The number of nitrogens with one attached hydrogen (secondary N) is 2. The van der Waals surface area contributed by atoms with E-state index >= 15 is 0 Å². The third-order valence-corrected chi connectivity index (χ3v) is 3.10. The molecule has 0 fully saturated rings. The number of halogens is 1. The predicted molar refractivity (Wildman–Crippen MR) is 76.3 cm³/mol. The second kappa shape index (κ2) is 4.85. The van der Waals surface area contributed by atoms with E-state index in [1.165, 1.54) is 0 Å². The van der Waals surface area contributed by atoms with Gasteiger partial charge in [0.2, 0.25) is 5.95 Å². The number of benzene rings is 1. The maximum absolute atomic E-state index is 6.24. The van der Waals surface area contributed by atoms with Gasteiger partial charge >= 0.3 is 0 Å². The van der Waals surface area contributed by atoms with Crippen molar-refractivity contribution >= 4 is 28.6 Å². The van der Waals surface area contributed by atoms with Crippen LogP contribution in [0.2, 0.25) is 5.02 Å². The molecule has 0 spiro atoms. The molecule has 5 nitrogen and oxygen atoms in total. The molecule has 0 saturated carbocycles. The monoisotopic (exact) mass is 273 g/mol. The lowest BCUT2D eigenvalue weighted by Crippen LogP contribution is -2.03. The van der Waals surface area contributed by atoms with Crippen molar-refractivity contribution in [2.75, 3.05) is 11.9 Å². The number of fused-ring (bicyclic) bond motifs is 1. The second-order valence-corrected chi connectivity index (χ2v) is 4.45. The Balaban J connectivity index is 2.26. The van der Waals surface area contributed by atoms with Crippen LogP contribution >= 0.6 is 11.6 Å². The predicted octanol–water partition coefficient (Wildman–Crippen LogP) is 3.11. The van der Waals surface area contributed by atoms with E-state index in [-0.39, 0.29) is 0 Å². The Morgan fingerprint density at radius 2 is 2.11 bits per heavy atom. The Bertz CT molecular complexity index is 722. The van der Waals surface area contributed by atoms with Crippen molar-refractivity contribution in [3.63, 3.8) is 0 Å². The molecule has 3 rings (SSSR count). The number of hydrogen-bond acceptors (Lipinski definition) is 4. The number of rotatable bonds is 3. The summed E-state index contributed by atoms with van der Waals surface area (Å²) in [7, 11) is 0. The minimum Gasteiger partial charge on any atom is -0.354 e. The Morgan fingerprint density at radius 3 is 2.89 bits per heavy atom. The van der Waals surface area contributed by atoms with E-state index in [1.54, 1.807) is 6.20 Å². The molecule has 0 radical (unpaired) electrons. The third-order valence-electron chi connectivity index (χ3n) is 2.77. The smallest absolute Gasteiger partial charge is 0.225 e. The van der Waals surface area contributed by atoms with Crippen molar-refractivity contribution in [3.8, 4) is 11.3 Å². The van der Waals surface area contributed by atoms with Gasteiger partial charge in [0.25, 0.3) is 0 Å². The van der Waals surface area contributed by atoms with Crippen LogP contribution in [0.4, 0.5) is 5.95 Å². The summed E-state index contributed by atoms with van der Waals surface area (Å²) in [4.78, 5) is 8.88. The van der Waals surface area contributed by atoms with Crippen LogP contribution in [0.15, 0.2) is 30.5 Å². The molecule has 0 atom stereocenters. The zero-order valence-corrected chi connectivity index (χ0v) is 11.1. The molecule has 0 aliphatic rings. The fraction of sp³-hybridized carbons (Fsp3) is 0.154. The number of aromatic amines is 1. The Hall–Kier alpha value is -2.14. The first kappa shape index (κ1) is 11.9. The SMILES string of the molecule is CCNc1nc(-c2ccccc2Cl)c2cn[nH]c2n1. The fourth-order valence-electron chi connectivity index (χ4n) is 1.93. The van der Waals surface area contributed by atoms with Gasteiger partial charge in [-0.2, -0.15) is 10.1 Å². The summed E-state index contributed by atoms with van der Waals surface area (Å²) in [5.74, 6) is 0.564. The minimum absolute atomic E-state index is 0.564. The van der Waals surface area contributed by atoms with Crippen LogP contribution in [0.1, 0.15) is 6.92 Å². The Kier molecular flexibility index (Phi) is 3.05. The lowest BCUT2D eigenvalue weighted by molar-refractivity contribution is 1.07. The average molecular weight is 274 g/mol. The Labute approximate surface area is 115 Å². The van der Waals surface area contributed by atoms with Crippen LogP contribution in [0.25, 0.3) is 22.3 Å². The standard InChI is InChI=1S/C13H12ClN5/c1-2-15-13-17-11(8-5-3-4-6-10(8)14)9-7-16-19-12(9)18-13/h3-7H,2H2,1H3,(H2,15,16,17,18,19). The molecule has 0 aliphatic heterocycles. The van der Waals surface area contributed by atoms with Gasteiger partial charge in [-0.05, 0) is 13.0 Å². The van der Waals surface area contributed by atoms with Crippen LogP contribution < -0.4 is 5.32 Å². The van der Waals surface area contributed by atoms with Crippen molar-refractivity contribution in [1.82, 2.24) is 20.2 Å². The zero-order chi connectivity index (χ0) is 13.2. The molecule has 0 unspecified atom stereocenters. The van der Waals surface area contributed by atoms with E-state index in [4.69, 9.17) is 11.6 Å². The van der Waals surface area contributed by atoms with Gasteiger partial charge < -0.3 is 5.32 Å². The normalized spacial score (nSPS) is 10.8. The molecule has 2 N–H and O–H groups in total. The van der Waals surface area contributed by atoms with Crippen molar-refractivity contribution in [2.24, 2.45) is 0 Å². The highest BCUT2D eigenvalue weighted by Gasteiger charge is 2.13. The molecule has 19 heavy (non-hydrogen) atoms. The maximum atomic E-state index is 6.24. The van der Waals surface area contributed by atoms with E-state index in [1.807, 2.05) is 31.2 Å². The first-order valence-corrected chi connectivity index (χ1v) is 6.37. The van der Waals surface area contributed by atoms with E-state index < -0.39 is 0 Å². The third kappa shape index (κ3) is 2.13. The van der Waals surface area contributed by atoms with Gasteiger partial charge in [0, 0.05) is 17.1 Å². The van der Waals surface area contributed by atoms with Crippen LogP contribution in [0, 0.1) is 0 Å². The summed E-state index contributed by atoms with van der Waals surface area (Å²) >= 11 is 6.24. The summed E-state index contributed by atoms with van der Waals surface area (Å²) in [6.45, 7) is 2.75. The Morgan fingerprint density at radius 1 is 1.26 bits per heavy atom. The first-order chi connectivity index (χ1) is 9.29. The number of aromatic nitrogens is 4. The summed E-state index contributed by atoms with van der Waals surface area (Å²) in [6.07, 6.45) is 1.71. The zero-order valence-electron chi connectivity index (χ0n) is 10.3. The van der Waals surface area contributed by atoms with Crippen molar-refractivity contribution < 1.29 is 0 Å². The van der Waals surface area contributed by atoms with E-state index in [0.717, 1.165) is 23.2 Å². The number of anilines is 1. The number of H-pyrrole nitrogens is 1. The molecule has 96 valence electrons. The molecule has 0 saturated heterocycles. The molecule has 2 aromatic heterocycles. The van der Waals surface area contributed by atoms with Gasteiger partial charge in [-0.3, -0.25) is 5.10 Å². The first-order valence-electron chi connectivity index (χ1n) is 5.99.